The molecule has 0 saturated heterocycles. The lowest BCUT2D eigenvalue weighted by Crippen LogP contribution is -2.53. The average molecular weight is 500 g/mol. The van der Waals surface area contributed by atoms with Crippen LogP contribution in [0, 0.1) is 29.0 Å². The summed E-state index contributed by atoms with van der Waals surface area (Å²) in [5, 5.41) is 15.3. The van der Waals surface area contributed by atoms with E-state index in [1.165, 1.54) is 55.3 Å². The zero-order chi connectivity index (χ0) is 24.4. The number of halogens is 1. The Balaban J connectivity index is 1.20. The van der Waals surface area contributed by atoms with E-state index in [0.29, 0.717) is 17.4 Å². The number of nitrogens with one attached hydrogen (secondary N) is 2. The third-order valence-electron chi connectivity index (χ3n) is 7.92. The normalized spacial score (nSPS) is 26.6. The smallest absolute Gasteiger partial charge is 0.234 e. The Bertz CT molecular complexity index is 1030. The molecule has 0 atom stereocenters. The van der Waals surface area contributed by atoms with Crippen LogP contribution in [0.3, 0.4) is 0 Å². The van der Waals surface area contributed by atoms with Gasteiger partial charge in [0.15, 0.2) is 11.0 Å². The van der Waals surface area contributed by atoms with E-state index >= 15 is 0 Å². The van der Waals surface area contributed by atoms with Crippen LogP contribution in [0.4, 0.5) is 10.1 Å². The molecule has 2 N–H and O–H groups in total. The molecule has 1 aromatic carbocycles. The molecule has 2 amide bonds. The van der Waals surface area contributed by atoms with Crippen molar-refractivity contribution in [2.45, 2.75) is 76.5 Å². The minimum absolute atomic E-state index is 0.168. The van der Waals surface area contributed by atoms with Crippen LogP contribution in [0.15, 0.2) is 29.4 Å². The molecule has 4 saturated carbocycles. The Labute approximate surface area is 210 Å². The van der Waals surface area contributed by atoms with E-state index in [1.807, 2.05) is 4.57 Å². The fourth-order valence-corrected chi connectivity index (χ4v) is 7.48. The van der Waals surface area contributed by atoms with Crippen molar-refractivity contribution < 1.29 is 14.0 Å². The first-order valence-corrected chi connectivity index (χ1v) is 13.8. The molecule has 1 heterocycles. The van der Waals surface area contributed by atoms with Gasteiger partial charge in [0.2, 0.25) is 11.8 Å². The number of aromatic nitrogens is 3. The van der Waals surface area contributed by atoms with Crippen LogP contribution in [0.2, 0.25) is 0 Å². The molecule has 35 heavy (non-hydrogen) atoms. The first kappa shape index (κ1) is 24.3. The molecule has 4 aliphatic rings. The van der Waals surface area contributed by atoms with Gasteiger partial charge < -0.3 is 15.2 Å². The van der Waals surface area contributed by atoms with E-state index in [1.54, 1.807) is 0 Å². The Morgan fingerprint density at radius 2 is 1.74 bits per heavy atom. The average Bonchev–Trinajstić information content (AvgIpc) is 3.22. The molecule has 7 nitrogen and oxygen atoms in total. The molecule has 6 rings (SSSR count). The number of amides is 2. The second kappa shape index (κ2) is 10.3. The van der Waals surface area contributed by atoms with E-state index in [2.05, 4.69) is 27.8 Å². The maximum Gasteiger partial charge on any atom is 0.234 e. The number of thioether (sulfide) groups is 1. The van der Waals surface area contributed by atoms with Gasteiger partial charge in [0.1, 0.15) is 5.82 Å². The van der Waals surface area contributed by atoms with Crippen molar-refractivity contribution in [1.29, 1.82) is 0 Å². The predicted molar refractivity (Wildman–Crippen MR) is 133 cm³/mol. The highest BCUT2D eigenvalue weighted by Crippen LogP contribution is 2.60. The third-order valence-corrected chi connectivity index (χ3v) is 8.88. The van der Waals surface area contributed by atoms with Crippen molar-refractivity contribution in [3.63, 3.8) is 0 Å². The van der Waals surface area contributed by atoms with Crippen LogP contribution in [0.25, 0.3) is 0 Å². The van der Waals surface area contributed by atoms with Gasteiger partial charge in [-0.3, -0.25) is 9.59 Å². The monoisotopic (exact) mass is 499 g/mol. The number of carbonyl (C=O) groups excluding carboxylic acids is 2. The van der Waals surface area contributed by atoms with E-state index in [9.17, 15) is 14.0 Å². The van der Waals surface area contributed by atoms with Crippen molar-refractivity contribution in [1.82, 2.24) is 20.1 Å². The van der Waals surface area contributed by atoms with Gasteiger partial charge in [-0.15, -0.1) is 10.2 Å². The van der Waals surface area contributed by atoms with Crippen molar-refractivity contribution in [2.24, 2.45) is 23.2 Å². The predicted octanol–water partition coefficient (Wildman–Crippen LogP) is 4.78. The highest BCUT2D eigenvalue weighted by Gasteiger charge is 2.54. The van der Waals surface area contributed by atoms with Gasteiger partial charge in [-0.05, 0) is 87.0 Å². The Morgan fingerprint density at radius 1 is 1.09 bits per heavy atom. The van der Waals surface area contributed by atoms with Gasteiger partial charge in [-0.2, -0.15) is 0 Å². The molecule has 4 fully saturated rings. The SMILES string of the molecule is CCCCn1c(CNC(=O)C23CC4CC(CC(C4)C2)C3)nnc1SCC(=O)Nc1ccc(F)cc1. The Hall–Kier alpha value is -2.42. The van der Waals surface area contributed by atoms with Crippen LogP contribution >= 0.6 is 11.8 Å². The van der Waals surface area contributed by atoms with Gasteiger partial charge in [0.25, 0.3) is 0 Å². The minimum atomic E-state index is -0.343. The summed E-state index contributed by atoms with van der Waals surface area (Å²) in [6, 6.07) is 5.70. The number of unbranched alkanes of at least 4 members (excludes halogenated alkanes) is 1. The lowest BCUT2D eigenvalue weighted by Gasteiger charge is -2.55. The third kappa shape index (κ3) is 5.39. The van der Waals surface area contributed by atoms with Gasteiger partial charge >= 0.3 is 0 Å². The lowest BCUT2D eigenvalue weighted by molar-refractivity contribution is -0.146. The Kier molecular flexibility index (Phi) is 7.14. The second-order valence-corrected chi connectivity index (χ2v) is 11.6. The van der Waals surface area contributed by atoms with Gasteiger partial charge in [-0.1, -0.05) is 25.1 Å². The number of hydrogen-bond acceptors (Lipinski definition) is 5. The minimum Gasteiger partial charge on any atom is -0.348 e. The van der Waals surface area contributed by atoms with Gasteiger partial charge in [0, 0.05) is 17.6 Å². The highest BCUT2D eigenvalue weighted by molar-refractivity contribution is 7.99. The lowest BCUT2D eigenvalue weighted by atomic mass is 9.49. The van der Waals surface area contributed by atoms with E-state index in [0.717, 1.165) is 62.2 Å². The molecule has 188 valence electrons. The van der Waals surface area contributed by atoms with Crippen molar-refractivity contribution in [3.05, 3.63) is 35.9 Å². The van der Waals surface area contributed by atoms with Crippen LogP contribution < -0.4 is 10.6 Å². The van der Waals surface area contributed by atoms with E-state index < -0.39 is 0 Å². The summed E-state index contributed by atoms with van der Waals surface area (Å²) in [5.41, 5.74) is 0.372. The number of hydrogen-bond donors (Lipinski definition) is 2. The summed E-state index contributed by atoms with van der Waals surface area (Å²) in [6.45, 7) is 3.23. The first-order valence-electron chi connectivity index (χ1n) is 12.8. The van der Waals surface area contributed by atoms with E-state index in [-0.39, 0.29) is 28.8 Å². The molecule has 4 bridgehead atoms. The highest BCUT2D eigenvalue weighted by atomic mass is 32.2. The number of nitrogens with zero attached hydrogens (tertiary/aromatic N) is 3. The van der Waals surface area contributed by atoms with E-state index in [4.69, 9.17) is 0 Å². The molecule has 4 aliphatic carbocycles. The van der Waals surface area contributed by atoms with Gasteiger partial charge in [0.05, 0.1) is 12.3 Å². The molecule has 9 heteroatoms. The van der Waals surface area contributed by atoms with Crippen molar-refractivity contribution in [3.8, 4) is 0 Å². The molecule has 0 aliphatic heterocycles. The number of rotatable bonds is 10. The Morgan fingerprint density at radius 3 is 2.37 bits per heavy atom. The summed E-state index contributed by atoms with van der Waals surface area (Å²) >= 11 is 1.32. The standard InChI is InChI=1S/C26H34FN5O2S/c1-2-3-8-32-22(15-28-24(34)26-12-17-9-18(13-26)11-19(10-17)14-26)30-31-25(32)35-16-23(33)29-21-6-4-20(27)5-7-21/h4-7,17-19H,2-3,8-16H2,1H3,(H,28,34)(H,29,33). The van der Waals surface area contributed by atoms with Crippen LogP contribution in [0.5, 0.6) is 0 Å². The zero-order valence-corrected chi connectivity index (χ0v) is 21.1. The fraction of sp³-hybridized carbons (Fsp3) is 0.615. The molecular weight excluding hydrogens is 465 g/mol. The second-order valence-electron chi connectivity index (χ2n) is 10.6. The summed E-state index contributed by atoms with van der Waals surface area (Å²) in [4.78, 5) is 25.7. The molecule has 0 spiro atoms. The summed E-state index contributed by atoms with van der Waals surface area (Å²) in [5.74, 6) is 2.74. The van der Waals surface area contributed by atoms with Crippen molar-refractivity contribution >= 4 is 29.3 Å². The fourth-order valence-electron chi connectivity index (χ4n) is 6.69. The topological polar surface area (TPSA) is 88.9 Å². The van der Waals surface area contributed by atoms with Crippen LogP contribution in [-0.2, 0) is 22.7 Å². The first-order chi connectivity index (χ1) is 16.9. The quantitative estimate of drug-likeness (QED) is 0.459. The molecular formula is C26H34FN5O2S. The molecule has 2 aromatic rings. The summed E-state index contributed by atoms with van der Waals surface area (Å²) in [6.07, 6.45) is 9.04. The number of carbonyl (C=O) groups is 2. The maximum absolute atomic E-state index is 13.4. The zero-order valence-electron chi connectivity index (χ0n) is 20.3. The van der Waals surface area contributed by atoms with Crippen LogP contribution in [0.1, 0.15) is 64.1 Å². The number of anilines is 1. The maximum atomic E-state index is 13.4. The summed E-state index contributed by atoms with van der Waals surface area (Å²) < 4.78 is 15.1. The summed E-state index contributed by atoms with van der Waals surface area (Å²) in [7, 11) is 0. The van der Waals surface area contributed by atoms with Crippen molar-refractivity contribution in [2.75, 3.05) is 11.1 Å². The molecule has 0 unspecified atom stereocenters. The van der Waals surface area contributed by atoms with Gasteiger partial charge in [-0.25, -0.2) is 4.39 Å². The number of benzene rings is 1. The largest absolute Gasteiger partial charge is 0.348 e. The molecule has 0 radical (unpaired) electrons. The van der Waals surface area contributed by atoms with Crippen LogP contribution in [-0.4, -0.2) is 32.3 Å². The molecule has 1 aromatic heterocycles.